The zero-order valence-electron chi connectivity index (χ0n) is 12.7. The summed E-state index contributed by atoms with van der Waals surface area (Å²) < 4.78 is 0. The molecule has 0 saturated heterocycles. The molecule has 0 saturated carbocycles. The van der Waals surface area contributed by atoms with Crippen LogP contribution in [0.15, 0.2) is 29.6 Å². The van der Waals surface area contributed by atoms with Gasteiger partial charge >= 0.3 is 0 Å². The van der Waals surface area contributed by atoms with Gasteiger partial charge in [-0.05, 0) is 30.4 Å². The summed E-state index contributed by atoms with van der Waals surface area (Å²) >= 11 is 1.47. The Kier molecular flexibility index (Phi) is 4.55. The van der Waals surface area contributed by atoms with Gasteiger partial charge in [-0.15, -0.1) is 11.3 Å². The van der Waals surface area contributed by atoms with Gasteiger partial charge in [-0.1, -0.05) is 37.6 Å². The molecular weight excluding hydrogens is 294 g/mol. The first-order valence-corrected chi connectivity index (χ1v) is 8.66. The van der Waals surface area contributed by atoms with E-state index in [1.54, 1.807) is 5.38 Å². The minimum Gasteiger partial charge on any atom is -0.344 e. The van der Waals surface area contributed by atoms with Crippen molar-refractivity contribution in [2.75, 3.05) is 0 Å². The second-order valence-electron chi connectivity index (χ2n) is 5.73. The van der Waals surface area contributed by atoms with E-state index in [4.69, 9.17) is 5.73 Å². The minimum absolute atomic E-state index is 0.0660. The number of aryl methyl sites for hydroxylation is 1. The van der Waals surface area contributed by atoms with Crippen LogP contribution in [-0.4, -0.2) is 10.9 Å². The number of thiazole rings is 1. The van der Waals surface area contributed by atoms with Crippen molar-refractivity contribution in [3.8, 4) is 0 Å². The van der Waals surface area contributed by atoms with Crippen LogP contribution in [0.1, 0.15) is 64.9 Å². The molecule has 2 unspecified atom stereocenters. The van der Waals surface area contributed by atoms with Gasteiger partial charge in [-0.3, -0.25) is 4.79 Å². The standard InChI is InChI=1S/C17H21N3OS/c1-2-5-13(18)17-20-15(10-22-17)16(21)19-14-9-8-11-6-3-4-7-12(11)14/h3-4,6-7,10,13-14H,2,5,8-9,18H2,1H3,(H,19,21). The van der Waals surface area contributed by atoms with Crippen LogP contribution in [0.5, 0.6) is 0 Å². The van der Waals surface area contributed by atoms with Gasteiger partial charge in [0.05, 0.1) is 12.1 Å². The number of fused-ring (bicyclic) bond motifs is 1. The first-order valence-electron chi connectivity index (χ1n) is 7.78. The predicted molar refractivity (Wildman–Crippen MR) is 88.9 cm³/mol. The van der Waals surface area contributed by atoms with Gasteiger partial charge in [0.15, 0.2) is 0 Å². The predicted octanol–water partition coefficient (Wildman–Crippen LogP) is 3.36. The third kappa shape index (κ3) is 3.05. The summed E-state index contributed by atoms with van der Waals surface area (Å²) in [6.45, 7) is 2.10. The second kappa shape index (κ2) is 6.58. The number of carbonyl (C=O) groups excluding carboxylic acids is 1. The number of rotatable bonds is 5. The Morgan fingerprint density at radius 2 is 2.32 bits per heavy atom. The van der Waals surface area contributed by atoms with Crippen molar-refractivity contribution in [3.05, 3.63) is 51.5 Å². The average Bonchev–Trinajstić information content (AvgIpc) is 3.15. The number of nitrogens with zero attached hydrogens (tertiary/aromatic N) is 1. The van der Waals surface area contributed by atoms with Crippen molar-refractivity contribution >= 4 is 17.2 Å². The Labute approximate surface area is 134 Å². The van der Waals surface area contributed by atoms with Gasteiger partial charge in [0.2, 0.25) is 0 Å². The van der Waals surface area contributed by atoms with Gasteiger partial charge in [0, 0.05) is 5.38 Å². The third-order valence-electron chi connectivity index (χ3n) is 4.11. The maximum Gasteiger partial charge on any atom is 0.271 e. The summed E-state index contributed by atoms with van der Waals surface area (Å²) in [4.78, 5) is 16.8. The van der Waals surface area contributed by atoms with Crippen LogP contribution in [0, 0.1) is 0 Å². The highest BCUT2D eigenvalue weighted by Gasteiger charge is 2.24. The fourth-order valence-electron chi connectivity index (χ4n) is 2.94. The lowest BCUT2D eigenvalue weighted by Gasteiger charge is -2.13. The van der Waals surface area contributed by atoms with Crippen LogP contribution in [0.2, 0.25) is 0 Å². The van der Waals surface area contributed by atoms with E-state index in [1.807, 2.05) is 12.1 Å². The zero-order chi connectivity index (χ0) is 15.5. The van der Waals surface area contributed by atoms with Gasteiger partial charge < -0.3 is 11.1 Å². The summed E-state index contributed by atoms with van der Waals surface area (Å²) in [5.41, 5.74) is 9.11. The van der Waals surface area contributed by atoms with Crippen molar-refractivity contribution in [3.63, 3.8) is 0 Å². The van der Waals surface area contributed by atoms with E-state index in [-0.39, 0.29) is 18.0 Å². The first kappa shape index (κ1) is 15.2. The zero-order valence-corrected chi connectivity index (χ0v) is 13.5. The van der Waals surface area contributed by atoms with Crippen molar-refractivity contribution in [1.82, 2.24) is 10.3 Å². The molecule has 1 heterocycles. The van der Waals surface area contributed by atoms with Crippen LogP contribution < -0.4 is 11.1 Å². The number of carbonyl (C=O) groups is 1. The highest BCUT2D eigenvalue weighted by atomic mass is 32.1. The molecule has 0 bridgehead atoms. The van der Waals surface area contributed by atoms with E-state index in [0.29, 0.717) is 5.69 Å². The molecule has 1 amide bonds. The molecule has 1 aliphatic rings. The Morgan fingerprint density at radius 3 is 3.14 bits per heavy atom. The Morgan fingerprint density at radius 1 is 1.50 bits per heavy atom. The van der Waals surface area contributed by atoms with Crippen molar-refractivity contribution in [2.24, 2.45) is 5.73 Å². The molecule has 22 heavy (non-hydrogen) atoms. The quantitative estimate of drug-likeness (QED) is 0.889. The number of benzene rings is 1. The largest absolute Gasteiger partial charge is 0.344 e. The highest BCUT2D eigenvalue weighted by Crippen LogP contribution is 2.31. The van der Waals surface area contributed by atoms with Crippen molar-refractivity contribution in [1.29, 1.82) is 0 Å². The average molecular weight is 315 g/mol. The molecule has 116 valence electrons. The summed E-state index contributed by atoms with van der Waals surface area (Å²) in [6, 6.07) is 8.32. The van der Waals surface area contributed by atoms with Crippen LogP contribution in [0.25, 0.3) is 0 Å². The Balaban J connectivity index is 1.68. The number of aromatic nitrogens is 1. The molecule has 0 radical (unpaired) electrons. The smallest absolute Gasteiger partial charge is 0.271 e. The van der Waals surface area contributed by atoms with Crippen LogP contribution in [0.4, 0.5) is 0 Å². The Bertz CT molecular complexity index is 667. The molecule has 2 aromatic rings. The first-order chi connectivity index (χ1) is 10.7. The third-order valence-corrected chi connectivity index (χ3v) is 5.09. The van der Waals surface area contributed by atoms with E-state index in [0.717, 1.165) is 30.7 Å². The van der Waals surface area contributed by atoms with E-state index in [9.17, 15) is 4.79 Å². The summed E-state index contributed by atoms with van der Waals surface area (Å²) in [5, 5.41) is 5.75. The number of hydrogen-bond donors (Lipinski definition) is 2. The van der Waals surface area contributed by atoms with Gasteiger partial charge in [-0.25, -0.2) is 4.98 Å². The summed E-state index contributed by atoms with van der Waals surface area (Å²) in [5.74, 6) is -0.104. The van der Waals surface area contributed by atoms with Crippen LogP contribution >= 0.6 is 11.3 Å². The molecule has 0 spiro atoms. The minimum atomic E-state index is -0.104. The summed E-state index contributed by atoms with van der Waals surface area (Å²) in [6.07, 6.45) is 3.88. The monoisotopic (exact) mass is 315 g/mol. The van der Waals surface area contributed by atoms with Gasteiger partial charge in [-0.2, -0.15) is 0 Å². The van der Waals surface area contributed by atoms with E-state index in [1.165, 1.54) is 22.5 Å². The highest BCUT2D eigenvalue weighted by molar-refractivity contribution is 7.09. The van der Waals surface area contributed by atoms with Crippen molar-refractivity contribution in [2.45, 2.75) is 44.7 Å². The lowest BCUT2D eigenvalue weighted by Crippen LogP contribution is -2.27. The summed E-state index contributed by atoms with van der Waals surface area (Å²) in [7, 11) is 0. The molecule has 1 aromatic carbocycles. The lowest BCUT2D eigenvalue weighted by molar-refractivity contribution is 0.0932. The molecule has 3 N–H and O–H groups in total. The van der Waals surface area contributed by atoms with Gasteiger partial charge in [0.1, 0.15) is 10.7 Å². The molecule has 2 atom stereocenters. The van der Waals surface area contributed by atoms with E-state index >= 15 is 0 Å². The molecular formula is C17H21N3OS. The second-order valence-corrected chi connectivity index (χ2v) is 6.62. The normalized spacial score (nSPS) is 18.0. The van der Waals surface area contributed by atoms with Gasteiger partial charge in [0.25, 0.3) is 5.91 Å². The molecule has 0 fully saturated rings. The maximum absolute atomic E-state index is 12.4. The number of nitrogens with two attached hydrogens (primary N) is 1. The molecule has 5 heteroatoms. The molecule has 1 aromatic heterocycles. The van der Waals surface area contributed by atoms with Crippen molar-refractivity contribution < 1.29 is 4.79 Å². The fraction of sp³-hybridized carbons (Fsp3) is 0.412. The molecule has 4 nitrogen and oxygen atoms in total. The maximum atomic E-state index is 12.4. The topological polar surface area (TPSA) is 68.0 Å². The molecule has 3 rings (SSSR count). The fourth-order valence-corrected chi connectivity index (χ4v) is 3.77. The number of amides is 1. The lowest BCUT2D eigenvalue weighted by atomic mass is 10.1. The van der Waals surface area contributed by atoms with Crippen LogP contribution in [-0.2, 0) is 6.42 Å². The molecule has 0 aliphatic heterocycles. The number of hydrogen-bond acceptors (Lipinski definition) is 4. The molecule has 1 aliphatic carbocycles. The van der Waals surface area contributed by atoms with E-state index < -0.39 is 0 Å². The van der Waals surface area contributed by atoms with Crippen LogP contribution in [0.3, 0.4) is 0 Å². The Hall–Kier alpha value is -1.72. The number of nitrogens with one attached hydrogen (secondary N) is 1. The van der Waals surface area contributed by atoms with E-state index in [2.05, 4.69) is 29.4 Å². The SMILES string of the molecule is CCCC(N)c1nc(C(=O)NC2CCc3ccccc32)cs1.